The summed E-state index contributed by atoms with van der Waals surface area (Å²) in [6, 6.07) is 10.5. The second kappa shape index (κ2) is 13.4. The molecule has 3 aliphatic rings. The minimum Gasteiger partial charge on any atom is -0.367 e. The number of hydrogen-bond acceptors (Lipinski definition) is 8. The Morgan fingerprint density at radius 1 is 1.10 bits per heavy atom. The molecule has 3 aliphatic heterocycles. The van der Waals surface area contributed by atoms with Crippen molar-refractivity contribution in [3.8, 4) is 6.07 Å². The highest BCUT2D eigenvalue weighted by Gasteiger charge is 2.44. The van der Waals surface area contributed by atoms with Crippen molar-refractivity contribution in [3.63, 3.8) is 0 Å². The van der Waals surface area contributed by atoms with Gasteiger partial charge in [-0.05, 0) is 74.6 Å². The summed E-state index contributed by atoms with van der Waals surface area (Å²) in [5.74, 6) is 0.621. The molecular formula is C36H41F3N8OS. The van der Waals surface area contributed by atoms with Crippen LogP contribution >= 0.6 is 11.3 Å². The molecule has 6 heterocycles. The van der Waals surface area contributed by atoms with Crippen molar-refractivity contribution in [2.24, 2.45) is 5.41 Å². The van der Waals surface area contributed by atoms with Gasteiger partial charge in [0.1, 0.15) is 28.7 Å². The molecule has 0 aliphatic carbocycles. The predicted octanol–water partition coefficient (Wildman–Crippen LogP) is 6.12. The Kier molecular flexibility index (Phi) is 9.15. The number of benzene rings is 1. The Labute approximate surface area is 288 Å². The average molecular weight is 691 g/mol. The number of carbonyl (C=O) groups excluding carboxylic acids is 1. The number of hydrogen-bond donors (Lipinski definition) is 1. The summed E-state index contributed by atoms with van der Waals surface area (Å²) in [7, 11) is 0. The fourth-order valence-corrected chi connectivity index (χ4v) is 9.07. The zero-order chi connectivity index (χ0) is 34.3. The molecule has 1 atom stereocenters. The number of halogens is 3. The molecule has 1 aromatic carbocycles. The Morgan fingerprint density at radius 3 is 2.65 bits per heavy atom. The Bertz CT molecular complexity index is 1920. The van der Waals surface area contributed by atoms with Gasteiger partial charge in [0.25, 0.3) is 0 Å². The number of amides is 1. The van der Waals surface area contributed by atoms with Crippen LogP contribution in [0.25, 0.3) is 21.1 Å². The van der Waals surface area contributed by atoms with Crippen LogP contribution in [0.15, 0.2) is 43.2 Å². The summed E-state index contributed by atoms with van der Waals surface area (Å²) in [5, 5.41) is 15.3. The molecule has 1 N–H and O–H groups in total. The van der Waals surface area contributed by atoms with E-state index in [1.54, 1.807) is 6.07 Å². The fourth-order valence-electron chi connectivity index (χ4n) is 8.05. The Hall–Kier alpha value is -3.99. The lowest BCUT2D eigenvalue weighted by Gasteiger charge is -2.33. The molecule has 0 radical (unpaired) electrons. The third-order valence-corrected chi connectivity index (χ3v) is 11.8. The second-order valence-electron chi connectivity index (χ2n) is 14.0. The van der Waals surface area contributed by atoms with Gasteiger partial charge in [0.2, 0.25) is 5.91 Å². The van der Waals surface area contributed by atoms with Crippen molar-refractivity contribution in [2.45, 2.75) is 64.3 Å². The highest BCUT2D eigenvalue weighted by molar-refractivity contribution is 7.18. The molecule has 1 unspecified atom stereocenters. The molecule has 258 valence electrons. The van der Waals surface area contributed by atoms with Crippen LogP contribution in [0, 0.1) is 23.7 Å². The molecule has 4 aromatic rings. The van der Waals surface area contributed by atoms with Crippen LogP contribution in [0.3, 0.4) is 0 Å². The first-order valence-electron chi connectivity index (χ1n) is 17.0. The first-order chi connectivity index (χ1) is 23.5. The lowest BCUT2D eigenvalue weighted by molar-refractivity contribution is -0.127. The van der Waals surface area contributed by atoms with Gasteiger partial charge < -0.3 is 19.7 Å². The lowest BCUT2D eigenvalue weighted by atomic mass is 9.86. The van der Waals surface area contributed by atoms with Gasteiger partial charge in [0.15, 0.2) is 0 Å². The number of aryl methyl sites for hydroxylation is 1. The maximum absolute atomic E-state index is 13.0. The minimum absolute atomic E-state index is 0.0220. The summed E-state index contributed by atoms with van der Waals surface area (Å²) in [4.78, 5) is 28.3. The number of piperidine rings is 1. The number of nitrogens with zero attached hydrogens (tertiary/aromatic N) is 7. The van der Waals surface area contributed by atoms with Crippen LogP contribution in [-0.4, -0.2) is 93.2 Å². The smallest absolute Gasteiger partial charge is 0.367 e. The van der Waals surface area contributed by atoms with E-state index in [1.165, 1.54) is 23.5 Å². The maximum atomic E-state index is 13.0. The third-order valence-electron chi connectivity index (χ3n) is 10.7. The van der Waals surface area contributed by atoms with Crippen LogP contribution < -0.4 is 5.32 Å². The largest absolute Gasteiger partial charge is 0.393 e. The quantitative estimate of drug-likeness (QED) is 0.212. The molecule has 7 rings (SSSR count). The summed E-state index contributed by atoms with van der Waals surface area (Å²) >= 11 is 1.07. The number of alkyl halides is 3. The molecule has 13 heteroatoms. The van der Waals surface area contributed by atoms with Gasteiger partial charge in [-0.15, -0.1) is 11.3 Å². The Morgan fingerprint density at radius 2 is 1.90 bits per heavy atom. The van der Waals surface area contributed by atoms with E-state index in [-0.39, 0.29) is 22.2 Å². The highest BCUT2D eigenvalue weighted by atomic mass is 32.1. The van der Waals surface area contributed by atoms with E-state index in [2.05, 4.69) is 61.4 Å². The molecule has 0 saturated carbocycles. The molecule has 3 saturated heterocycles. The zero-order valence-corrected chi connectivity index (χ0v) is 28.5. The van der Waals surface area contributed by atoms with E-state index in [0.717, 1.165) is 107 Å². The third kappa shape index (κ3) is 7.04. The summed E-state index contributed by atoms with van der Waals surface area (Å²) in [6.45, 7) is 13.6. The number of aromatic nitrogens is 3. The molecule has 3 aromatic heterocycles. The predicted molar refractivity (Wildman–Crippen MR) is 185 cm³/mol. The van der Waals surface area contributed by atoms with E-state index in [0.29, 0.717) is 21.7 Å². The number of nitriles is 1. The van der Waals surface area contributed by atoms with Crippen molar-refractivity contribution < 1.29 is 18.0 Å². The molecule has 1 amide bonds. The van der Waals surface area contributed by atoms with Crippen LogP contribution in [0.2, 0.25) is 0 Å². The van der Waals surface area contributed by atoms with Crippen LogP contribution in [0.4, 0.5) is 19.0 Å². The molecule has 3 fully saturated rings. The van der Waals surface area contributed by atoms with Gasteiger partial charge in [-0.2, -0.15) is 18.4 Å². The number of rotatable bonds is 9. The summed E-state index contributed by atoms with van der Waals surface area (Å²) < 4.78 is 41.0. The summed E-state index contributed by atoms with van der Waals surface area (Å²) in [5.41, 5.74) is 4.37. The summed E-state index contributed by atoms with van der Waals surface area (Å²) in [6.07, 6.45) is 1.51. The van der Waals surface area contributed by atoms with E-state index in [1.807, 2.05) is 11.0 Å². The highest BCUT2D eigenvalue weighted by Crippen LogP contribution is 2.40. The number of carbonyl (C=O) groups is 1. The molecule has 1 spiro atoms. The molecule has 49 heavy (non-hydrogen) atoms. The zero-order valence-electron chi connectivity index (χ0n) is 27.7. The van der Waals surface area contributed by atoms with Gasteiger partial charge in [-0.1, -0.05) is 12.6 Å². The SMILES string of the molecule is C=CC(=O)N1CCC2(CCN(CCn3c(C#N)cc4c(C)c(CN5CCC(Nc6ncnc7sc(CC(F)(F)F)cc67)CC5)ccc43)C2)C1. The van der Waals surface area contributed by atoms with Crippen LogP contribution in [0.1, 0.15) is 47.4 Å². The Balaban J connectivity index is 0.960. The minimum atomic E-state index is -4.26. The normalized spacial score (nSPS) is 20.9. The maximum Gasteiger partial charge on any atom is 0.393 e. The van der Waals surface area contributed by atoms with Gasteiger partial charge >= 0.3 is 6.18 Å². The average Bonchev–Trinajstić information content (AvgIpc) is 3.87. The van der Waals surface area contributed by atoms with Crippen molar-refractivity contribution >= 4 is 44.2 Å². The number of thiophene rings is 1. The number of nitrogens with one attached hydrogen (secondary N) is 1. The van der Waals surface area contributed by atoms with Gasteiger partial charge in [-0.3, -0.25) is 9.69 Å². The number of anilines is 1. The first-order valence-corrected chi connectivity index (χ1v) is 17.8. The molecule has 0 bridgehead atoms. The number of likely N-dealkylation sites (tertiary alicyclic amines) is 3. The van der Waals surface area contributed by atoms with E-state index < -0.39 is 12.6 Å². The van der Waals surface area contributed by atoms with E-state index in [9.17, 15) is 23.2 Å². The molecule has 9 nitrogen and oxygen atoms in total. The number of fused-ring (bicyclic) bond motifs is 2. The topological polar surface area (TPSA) is 93.3 Å². The van der Waals surface area contributed by atoms with Crippen molar-refractivity contribution in [1.82, 2.24) is 29.2 Å². The van der Waals surface area contributed by atoms with E-state index >= 15 is 0 Å². The second-order valence-corrected chi connectivity index (χ2v) is 15.1. The van der Waals surface area contributed by atoms with Gasteiger partial charge in [0, 0.05) is 79.6 Å². The van der Waals surface area contributed by atoms with Crippen molar-refractivity contribution in [2.75, 3.05) is 51.1 Å². The van der Waals surface area contributed by atoms with Crippen molar-refractivity contribution in [3.05, 3.63) is 64.9 Å². The lowest BCUT2D eigenvalue weighted by Crippen LogP contribution is -2.39. The van der Waals surface area contributed by atoms with Crippen LogP contribution in [0.5, 0.6) is 0 Å². The molecular weight excluding hydrogens is 650 g/mol. The monoisotopic (exact) mass is 690 g/mol. The van der Waals surface area contributed by atoms with Gasteiger partial charge in [0.05, 0.1) is 11.8 Å². The van der Waals surface area contributed by atoms with Gasteiger partial charge in [-0.25, -0.2) is 9.97 Å². The fraction of sp³-hybridized carbons (Fsp3) is 0.500. The van der Waals surface area contributed by atoms with E-state index in [4.69, 9.17) is 0 Å². The van der Waals surface area contributed by atoms with Crippen molar-refractivity contribution in [1.29, 1.82) is 5.26 Å². The standard InChI is InChI=1S/C36H41F3N8OS/c1-3-32(48)46-13-9-35(22-46)8-12-45(21-35)14-15-47-27(19-40)16-29-24(2)25(4-5-31(29)47)20-44-10-6-26(7-11-44)43-33-30-17-28(18-36(37,38)39)49-34(30)42-23-41-33/h3-5,16-17,23,26H,1,6-15,18,20-22H2,2H3,(H,41,42,43). The first kappa shape index (κ1) is 33.5. The van der Waals surface area contributed by atoms with Crippen LogP contribution in [-0.2, 0) is 24.3 Å².